The Hall–Kier alpha value is -2.34. The Bertz CT molecular complexity index is 644. The van der Waals surface area contributed by atoms with E-state index in [1.807, 2.05) is 12.1 Å². The van der Waals surface area contributed by atoms with Crippen LogP contribution in [0.2, 0.25) is 0 Å². The molecule has 23 heavy (non-hydrogen) atoms. The predicted molar refractivity (Wildman–Crippen MR) is 87.9 cm³/mol. The number of amides is 1. The molecule has 120 valence electrons. The fraction of sp³-hybridized carbons (Fsp3) is 0.412. The summed E-state index contributed by atoms with van der Waals surface area (Å²) < 4.78 is 0. The monoisotopic (exact) mass is 311 g/mol. The first-order valence-electron chi connectivity index (χ1n) is 8.02. The first kappa shape index (κ1) is 15.6. The van der Waals surface area contributed by atoms with Gasteiger partial charge in [0.25, 0.3) is 5.91 Å². The van der Waals surface area contributed by atoms with Crippen LogP contribution in [0.25, 0.3) is 11.4 Å². The molecule has 6 nitrogen and oxygen atoms in total. The summed E-state index contributed by atoms with van der Waals surface area (Å²) in [5.41, 5.74) is 1.32. The van der Waals surface area contributed by atoms with Crippen molar-refractivity contribution in [3.63, 3.8) is 0 Å². The number of aromatic nitrogens is 3. The van der Waals surface area contributed by atoms with Gasteiger partial charge in [-0.25, -0.2) is 9.97 Å². The van der Waals surface area contributed by atoms with Crippen LogP contribution < -0.4 is 5.32 Å². The molecule has 0 unspecified atom stereocenters. The maximum atomic E-state index is 12.2. The van der Waals surface area contributed by atoms with E-state index in [0.29, 0.717) is 24.0 Å². The second kappa shape index (κ2) is 7.28. The average molecular weight is 311 g/mol. The Morgan fingerprint density at radius 2 is 2.17 bits per heavy atom. The summed E-state index contributed by atoms with van der Waals surface area (Å²) >= 11 is 0. The molecule has 3 heterocycles. The van der Waals surface area contributed by atoms with Gasteiger partial charge in [-0.1, -0.05) is 6.92 Å². The smallest absolute Gasteiger partial charge is 0.254 e. The molecule has 1 N–H and O–H groups in total. The van der Waals surface area contributed by atoms with Crippen molar-refractivity contribution in [2.75, 3.05) is 19.6 Å². The van der Waals surface area contributed by atoms with Gasteiger partial charge in [-0.2, -0.15) is 0 Å². The number of likely N-dealkylation sites (tertiary alicyclic amines) is 1. The van der Waals surface area contributed by atoms with E-state index in [1.165, 1.54) is 6.42 Å². The number of pyridine rings is 1. The maximum absolute atomic E-state index is 12.2. The first-order valence-corrected chi connectivity index (χ1v) is 8.02. The zero-order chi connectivity index (χ0) is 16.1. The molecule has 0 aromatic carbocycles. The van der Waals surface area contributed by atoms with Gasteiger partial charge in [0.1, 0.15) is 0 Å². The van der Waals surface area contributed by atoms with Crippen LogP contribution in [0.15, 0.2) is 36.9 Å². The van der Waals surface area contributed by atoms with E-state index in [4.69, 9.17) is 0 Å². The van der Waals surface area contributed by atoms with Crippen LogP contribution in [-0.2, 0) is 0 Å². The van der Waals surface area contributed by atoms with E-state index in [1.54, 1.807) is 24.8 Å². The van der Waals surface area contributed by atoms with Crippen molar-refractivity contribution in [1.82, 2.24) is 25.2 Å². The van der Waals surface area contributed by atoms with Gasteiger partial charge in [-0.15, -0.1) is 0 Å². The summed E-state index contributed by atoms with van der Waals surface area (Å²) in [7, 11) is 0. The van der Waals surface area contributed by atoms with Crippen LogP contribution in [0.1, 0.15) is 30.1 Å². The van der Waals surface area contributed by atoms with Gasteiger partial charge in [0, 0.05) is 42.9 Å². The summed E-state index contributed by atoms with van der Waals surface area (Å²) in [6.07, 6.45) is 8.89. The molecule has 2 aromatic heterocycles. The second-order valence-corrected chi connectivity index (χ2v) is 5.67. The fourth-order valence-corrected chi connectivity index (χ4v) is 2.94. The normalized spacial score (nSPS) is 18.0. The number of carbonyl (C=O) groups excluding carboxylic acids is 1. The minimum Gasteiger partial charge on any atom is -0.350 e. The summed E-state index contributed by atoms with van der Waals surface area (Å²) in [6, 6.07) is 4.17. The van der Waals surface area contributed by atoms with E-state index in [9.17, 15) is 4.79 Å². The van der Waals surface area contributed by atoms with Crippen molar-refractivity contribution in [3.8, 4) is 11.4 Å². The van der Waals surface area contributed by atoms with Crippen LogP contribution in [0, 0.1) is 0 Å². The van der Waals surface area contributed by atoms with Crippen LogP contribution in [0.4, 0.5) is 0 Å². The van der Waals surface area contributed by atoms with Crippen molar-refractivity contribution >= 4 is 5.91 Å². The van der Waals surface area contributed by atoms with Gasteiger partial charge in [0.05, 0.1) is 5.56 Å². The molecule has 0 aliphatic carbocycles. The molecule has 2 aromatic rings. The summed E-state index contributed by atoms with van der Waals surface area (Å²) in [6.45, 7) is 4.99. The molecule has 1 amide bonds. The number of likely N-dealkylation sites (N-methyl/N-ethyl adjacent to an activating group) is 1. The van der Waals surface area contributed by atoms with Gasteiger partial charge in [-0.05, 0) is 38.1 Å². The van der Waals surface area contributed by atoms with E-state index < -0.39 is 0 Å². The van der Waals surface area contributed by atoms with E-state index in [0.717, 1.165) is 25.1 Å². The number of nitrogens with zero attached hydrogens (tertiary/aromatic N) is 4. The van der Waals surface area contributed by atoms with Gasteiger partial charge >= 0.3 is 0 Å². The summed E-state index contributed by atoms with van der Waals surface area (Å²) in [5.74, 6) is 0.452. The Morgan fingerprint density at radius 1 is 1.35 bits per heavy atom. The SMILES string of the molecule is CCN1CCC[C@H]1CNC(=O)c1cnc(-c2cccnc2)nc1. The van der Waals surface area contributed by atoms with Crippen LogP contribution in [0.5, 0.6) is 0 Å². The number of hydrogen-bond donors (Lipinski definition) is 1. The molecular formula is C17H21N5O. The van der Waals surface area contributed by atoms with Gasteiger partial charge < -0.3 is 5.32 Å². The predicted octanol–water partition coefficient (Wildman–Crippen LogP) is 1.75. The van der Waals surface area contributed by atoms with Crippen molar-refractivity contribution in [2.24, 2.45) is 0 Å². The lowest BCUT2D eigenvalue weighted by Crippen LogP contribution is -2.40. The van der Waals surface area contributed by atoms with E-state index in [-0.39, 0.29) is 5.91 Å². The molecular weight excluding hydrogens is 290 g/mol. The van der Waals surface area contributed by atoms with Crippen LogP contribution in [0.3, 0.4) is 0 Å². The minimum atomic E-state index is -0.120. The molecule has 1 fully saturated rings. The third-order valence-corrected chi connectivity index (χ3v) is 4.24. The molecule has 1 atom stereocenters. The molecule has 1 aliphatic rings. The molecule has 1 aliphatic heterocycles. The highest BCUT2D eigenvalue weighted by molar-refractivity contribution is 5.93. The highest BCUT2D eigenvalue weighted by atomic mass is 16.1. The Kier molecular flexibility index (Phi) is 4.92. The number of nitrogens with one attached hydrogen (secondary N) is 1. The first-order chi connectivity index (χ1) is 11.3. The lowest BCUT2D eigenvalue weighted by atomic mass is 10.2. The standard InChI is InChI=1S/C17H21N5O/c1-2-22-8-4-6-15(22)12-21-17(23)14-10-19-16(20-11-14)13-5-3-7-18-9-13/h3,5,7,9-11,15H,2,4,6,8,12H2,1H3,(H,21,23)/t15-/m0/s1. The highest BCUT2D eigenvalue weighted by Gasteiger charge is 2.23. The van der Waals surface area contributed by atoms with Gasteiger partial charge in [0.15, 0.2) is 5.82 Å². The van der Waals surface area contributed by atoms with E-state index in [2.05, 4.69) is 32.1 Å². The average Bonchev–Trinajstić information content (AvgIpc) is 3.08. The van der Waals surface area contributed by atoms with Crippen LogP contribution >= 0.6 is 0 Å². The third-order valence-electron chi connectivity index (χ3n) is 4.24. The van der Waals surface area contributed by atoms with Gasteiger partial charge in [-0.3, -0.25) is 14.7 Å². The Balaban J connectivity index is 1.60. The quantitative estimate of drug-likeness (QED) is 0.911. The lowest BCUT2D eigenvalue weighted by molar-refractivity contribution is 0.0940. The van der Waals surface area contributed by atoms with Crippen molar-refractivity contribution in [1.29, 1.82) is 0 Å². The lowest BCUT2D eigenvalue weighted by Gasteiger charge is -2.22. The second-order valence-electron chi connectivity index (χ2n) is 5.67. The molecule has 3 rings (SSSR count). The van der Waals surface area contributed by atoms with E-state index >= 15 is 0 Å². The largest absolute Gasteiger partial charge is 0.350 e. The molecule has 1 saturated heterocycles. The highest BCUT2D eigenvalue weighted by Crippen LogP contribution is 2.16. The summed E-state index contributed by atoms with van der Waals surface area (Å²) in [5, 5.41) is 2.99. The number of carbonyl (C=O) groups is 1. The molecule has 6 heteroatoms. The van der Waals surface area contributed by atoms with Crippen molar-refractivity contribution < 1.29 is 4.79 Å². The third kappa shape index (κ3) is 3.71. The molecule has 0 saturated carbocycles. The molecule has 0 bridgehead atoms. The topological polar surface area (TPSA) is 71.0 Å². The molecule has 0 spiro atoms. The molecule has 0 radical (unpaired) electrons. The summed E-state index contributed by atoms with van der Waals surface area (Å²) in [4.78, 5) is 27.2. The van der Waals surface area contributed by atoms with Crippen molar-refractivity contribution in [3.05, 3.63) is 42.5 Å². The fourth-order valence-electron chi connectivity index (χ4n) is 2.94. The number of hydrogen-bond acceptors (Lipinski definition) is 5. The van der Waals surface area contributed by atoms with Gasteiger partial charge in [0.2, 0.25) is 0 Å². The van der Waals surface area contributed by atoms with Crippen molar-refractivity contribution in [2.45, 2.75) is 25.8 Å². The zero-order valence-corrected chi connectivity index (χ0v) is 13.3. The minimum absolute atomic E-state index is 0.120. The Labute approximate surface area is 136 Å². The zero-order valence-electron chi connectivity index (χ0n) is 13.3. The Morgan fingerprint density at radius 3 is 2.87 bits per heavy atom. The van der Waals surface area contributed by atoms with Crippen LogP contribution in [-0.4, -0.2) is 51.4 Å². The number of rotatable bonds is 5. The maximum Gasteiger partial charge on any atom is 0.254 e.